The molecule has 3 rings (SSSR count). The Kier molecular flexibility index (Phi) is 4.53. The van der Waals surface area contributed by atoms with Gasteiger partial charge in [0.25, 0.3) is 0 Å². The number of amides is 1. The molecule has 1 amide bonds. The molecule has 1 aromatic heterocycles. The van der Waals surface area contributed by atoms with Gasteiger partial charge in [0, 0.05) is 13.2 Å². The van der Waals surface area contributed by atoms with Crippen LogP contribution in [0.4, 0.5) is 4.79 Å². The molecule has 25 heavy (non-hydrogen) atoms. The van der Waals surface area contributed by atoms with E-state index >= 15 is 0 Å². The highest BCUT2D eigenvalue weighted by molar-refractivity contribution is 5.67. The largest absolute Gasteiger partial charge is 0.478 e. The first kappa shape index (κ1) is 17.1. The second-order valence-electron chi connectivity index (χ2n) is 6.90. The summed E-state index contributed by atoms with van der Waals surface area (Å²) >= 11 is 0. The zero-order valence-electron chi connectivity index (χ0n) is 14.9. The minimum atomic E-state index is -0.554. The van der Waals surface area contributed by atoms with Gasteiger partial charge in [-0.2, -0.15) is 0 Å². The van der Waals surface area contributed by atoms with E-state index in [4.69, 9.17) is 14.2 Å². The molecule has 1 unspecified atom stereocenters. The van der Waals surface area contributed by atoms with Gasteiger partial charge in [-0.1, -0.05) is 12.1 Å². The number of carbonyl (C=O) groups is 1. The predicted octanol–water partition coefficient (Wildman–Crippen LogP) is 4.17. The van der Waals surface area contributed by atoms with Gasteiger partial charge >= 0.3 is 6.09 Å². The summed E-state index contributed by atoms with van der Waals surface area (Å²) in [4.78, 5) is 18.2. The summed E-state index contributed by atoms with van der Waals surface area (Å²) < 4.78 is 17.4. The maximum absolute atomic E-state index is 12.3. The Morgan fingerprint density at radius 3 is 2.56 bits per heavy atom. The number of carbonyl (C=O) groups excluding carboxylic acids is 1. The average Bonchev–Trinajstić information content (AvgIpc) is 2.69. The molecule has 6 heteroatoms. The van der Waals surface area contributed by atoms with E-state index < -0.39 is 17.8 Å². The molecule has 0 saturated carbocycles. The third-order valence-corrected chi connectivity index (χ3v) is 3.59. The van der Waals surface area contributed by atoms with Crippen molar-refractivity contribution in [1.82, 2.24) is 9.88 Å². The van der Waals surface area contributed by atoms with Crippen LogP contribution in [0.25, 0.3) is 0 Å². The number of fused-ring (bicyclic) bond motifs is 2. The smallest absolute Gasteiger partial charge is 0.410 e. The summed E-state index contributed by atoms with van der Waals surface area (Å²) in [5.41, 5.74) is 0.0933. The summed E-state index contributed by atoms with van der Waals surface area (Å²) in [6.45, 7) is 5.79. The van der Waals surface area contributed by atoms with Crippen LogP contribution < -0.4 is 9.47 Å². The Balaban J connectivity index is 1.86. The molecule has 2 heterocycles. The summed E-state index contributed by atoms with van der Waals surface area (Å²) in [6.07, 6.45) is 0.812. The molecule has 1 aliphatic rings. The molecule has 0 N–H and O–H groups in total. The SMILES string of the molecule is CN(CC1Oc2ccccc2Oc2cccnc21)C(=O)OC(C)(C)C. The number of para-hydroxylation sites is 2. The molecule has 6 nitrogen and oxygen atoms in total. The highest BCUT2D eigenvalue weighted by atomic mass is 16.6. The van der Waals surface area contributed by atoms with Crippen LogP contribution in [0.5, 0.6) is 17.2 Å². The van der Waals surface area contributed by atoms with Crippen molar-refractivity contribution in [2.75, 3.05) is 13.6 Å². The van der Waals surface area contributed by atoms with Crippen molar-refractivity contribution in [2.45, 2.75) is 32.5 Å². The molecule has 0 radical (unpaired) electrons. The molecular weight excluding hydrogens is 320 g/mol. The number of hydrogen-bond acceptors (Lipinski definition) is 5. The minimum absolute atomic E-state index is 0.288. The lowest BCUT2D eigenvalue weighted by molar-refractivity contribution is 0.0225. The van der Waals surface area contributed by atoms with E-state index in [0.717, 1.165) is 0 Å². The van der Waals surface area contributed by atoms with E-state index in [9.17, 15) is 4.79 Å². The normalized spacial score (nSPS) is 15.8. The first-order valence-electron chi connectivity index (χ1n) is 8.16. The van der Waals surface area contributed by atoms with Gasteiger partial charge < -0.3 is 19.1 Å². The number of nitrogens with zero attached hydrogens (tertiary/aromatic N) is 2. The van der Waals surface area contributed by atoms with Crippen molar-refractivity contribution in [2.24, 2.45) is 0 Å². The van der Waals surface area contributed by atoms with E-state index in [1.807, 2.05) is 51.1 Å². The first-order valence-corrected chi connectivity index (χ1v) is 8.16. The number of pyridine rings is 1. The maximum atomic E-state index is 12.3. The number of hydrogen-bond donors (Lipinski definition) is 0. The van der Waals surface area contributed by atoms with Crippen LogP contribution >= 0.6 is 0 Å². The fraction of sp³-hybridized carbons (Fsp3) is 0.368. The molecule has 0 saturated heterocycles. The predicted molar refractivity (Wildman–Crippen MR) is 93.0 cm³/mol. The van der Waals surface area contributed by atoms with Gasteiger partial charge in [0.2, 0.25) is 0 Å². The van der Waals surface area contributed by atoms with Crippen LogP contribution in [-0.2, 0) is 4.74 Å². The standard InChI is InChI=1S/C19H22N2O4/c1-19(2,3)25-18(22)21(4)12-16-17-15(10-7-11-20-17)23-13-8-5-6-9-14(13)24-16/h5-11,16H,12H2,1-4H3. The van der Waals surface area contributed by atoms with Crippen molar-refractivity contribution in [1.29, 1.82) is 0 Å². The summed E-state index contributed by atoms with van der Waals surface area (Å²) in [6, 6.07) is 11.1. The van der Waals surface area contributed by atoms with Gasteiger partial charge in [0.1, 0.15) is 11.3 Å². The molecular formula is C19H22N2O4. The number of aromatic nitrogens is 1. The van der Waals surface area contributed by atoms with Gasteiger partial charge in [-0.3, -0.25) is 4.98 Å². The van der Waals surface area contributed by atoms with Crippen LogP contribution in [0.2, 0.25) is 0 Å². The fourth-order valence-corrected chi connectivity index (χ4v) is 2.48. The molecule has 1 aliphatic heterocycles. The van der Waals surface area contributed by atoms with Crippen LogP contribution in [0.3, 0.4) is 0 Å². The second-order valence-corrected chi connectivity index (χ2v) is 6.90. The molecule has 0 bridgehead atoms. The van der Waals surface area contributed by atoms with Crippen molar-refractivity contribution < 1.29 is 19.0 Å². The van der Waals surface area contributed by atoms with E-state index in [2.05, 4.69) is 4.98 Å². The molecule has 1 aromatic carbocycles. The number of rotatable bonds is 2. The van der Waals surface area contributed by atoms with Crippen LogP contribution in [0.1, 0.15) is 32.6 Å². The van der Waals surface area contributed by atoms with Gasteiger partial charge in [-0.25, -0.2) is 4.79 Å². The number of ether oxygens (including phenoxy) is 3. The zero-order chi connectivity index (χ0) is 18.0. The van der Waals surface area contributed by atoms with E-state index in [1.54, 1.807) is 19.3 Å². The van der Waals surface area contributed by atoms with E-state index in [1.165, 1.54) is 4.90 Å². The Hall–Kier alpha value is -2.76. The van der Waals surface area contributed by atoms with E-state index in [0.29, 0.717) is 22.9 Å². The number of likely N-dealkylation sites (N-methyl/N-ethyl adjacent to an activating group) is 1. The molecule has 132 valence electrons. The zero-order valence-corrected chi connectivity index (χ0v) is 14.9. The highest BCUT2D eigenvalue weighted by Crippen LogP contribution is 2.40. The van der Waals surface area contributed by atoms with Crippen molar-refractivity contribution in [3.63, 3.8) is 0 Å². The lowest BCUT2D eigenvalue weighted by Gasteiger charge is -2.27. The highest BCUT2D eigenvalue weighted by Gasteiger charge is 2.29. The van der Waals surface area contributed by atoms with Crippen LogP contribution in [0, 0.1) is 0 Å². The van der Waals surface area contributed by atoms with Gasteiger partial charge in [0.15, 0.2) is 23.4 Å². The van der Waals surface area contributed by atoms with Crippen LogP contribution in [0.15, 0.2) is 42.6 Å². The Morgan fingerprint density at radius 1 is 1.16 bits per heavy atom. The minimum Gasteiger partial charge on any atom is -0.478 e. The molecule has 2 aromatic rings. The molecule has 0 aliphatic carbocycles. The molecule has 0 spiro atoms. The molecule has 1 atom stereocenters. The van der Waals surface area contributed by atoms with Crippen LogP contribution in [-0.4, -0.2) is 35.2 Å². The number of benzene rings is 1. The topological polar surface area (TPSA) is 60.9 Å². The van der Waals surface area contributed by atoms with Crippen molar-refractivity contribution in [3.8, 4) is 17.2 Å². The Labute approximate surface area is 147 Å². The summed E-state index contributed by atoms with van der Waals surface area (Å²) in [5, 5.41) is 0. The quantitative estimate of drug-likeness (QED) is 0.819. The fourth-order valence-electron chi connectivity index (χ4n) is 2.48. The summed E-state index contributed by atoms with van der Waals surface area (Å²) in [7, 11) is 1.68. The van der Waals surface area contributed by atoms with Gasteiger partial charge in [-0.15, -0.1) is 0 Å². The van der Waals surface area contributed by atoms with Crippen molar-refractivity contribution >= 4 is 6.09 Å². The van der Waals surface area contributed by atoms with E-state index in [-0.39, 0.29) is 6.54 Å². The second kappa shape index (κ2) is 6.63. The van der Waals surface area contributed by atoms with Gasteiger partial charge in [-0.05, 0) is 45.0 Å². The maximum Gasteiger partial charge on any atom is 0.410 e. The average molecular weight is 342 g/mol. The third-order valence-electron chi connectivity index (χ3n) is 3.59. The third kappa shape index (κ3) is 4.02. The monoisotopic (exact) mass is 342 g/mol. The Bertz CT molecular complexity index is 770. The Morgan fingerprint density at radius 2 is 1.84 bits per heavy atom. The first-order chi connectivity index (χ1) is 11.8. The van der Waals surface area contributed by atoms with Crippen molar-refractivity contribution in [3.05, 3.63) is 48.3 Å². The lowest BCUT2D eigenvalue weighted by Crippen LogP contribution is -2.37. The summed E-state index contributed by atoms with van der Waals surface area (Å²) in [5.74, 6) is 1.86. The van der Waals surface area contributed by atoms with Gasteiger partial charge in [0.05, 0.1) is 6.54 Å². The lowest BCUT2D eigenvalue weighted by atomic mass is 10.2. The molecule has 0 fully saturated rings.